The summed E-state index contributed by atoms with van der Waals surface area (Å²) in [5.74, 6) is -0.526. The van der Waals surface area contributed by atoms with E-state index in [9.17, 15) is 9.59 Å². The van der Waals surface area contributed by atoms with Gasteiger partial charge in [0.2, 0.25) is 3.79 Å². The van der Waals surface area contributed by atoms with Crippen LogP contribution in [0.2, 0.25) is 0 Å². The Hall–Kier alpha value is -0.770. The highest BCUT2D eigenvalue weighted by molar-refractivity contribution is 6.76. The van der Waals surface area contributed by atoms with Crippen molar-refractivity contribution in [3.8, 4) is 5.75 Å². The molecule has 0 heterocycles. The first-order chi connectivity index (χ1) is 7.84. The molecule has 0 spiro atoms. The van der Waals surface area contributed by atoms with E-state index in [1.54, 1.807) is 24.3 Å². The number of ketones is 2. The summed E-state index contributed by atoms with van der Waals surface area (Å²) in [5, 5.41) is 0. The SMILES string of the molecule is COc1ccc(C(=O)CC(=O)C(Cl)(Cl)Cl)cc1. The maximum atomic E-state index is 11.7. The number of methoxy groups -OCH3 is 1. The number of Topliss-reactive ketones (excluding diaryl/α,β-unsaturated/α-hetero) is 2. The van der Waals surface area contributed by atoms with Crippen LogP contribution in [-0.4, -0.2) is 22.5 Å². The van der Waals surface area contributed by atoms with Gasteiger partial charge in [-0.1, -0.05) is 34.8 Å². The van der Waals surface area contributed by atoms with Crippen molar-refractivity contribution >= 4 is 46.4 Å². The second-order valence-corrected chi connectivity index (χ2v) is 5.53. The number of benzene rings is 1. The van der Waals surface area contributed by atoms with Gasteiger partial charge in [-0.3, -0.25) is 9.59 Å². The monoisotopic (exact) mass is 294 g/mol. The summed E-state index contributed by atoms with van der Waals surface area (Å²) >= 11 is 16.1. The molecule has 1 rings (SSSR count). The molecular weight excluding hydrogens is 286 g/mol. The van der Waals surface area contributed by atoms with Crippen LogP contribution in [0.25, 0.3) is 0 Å². The molecule has 0 radical (unpaired) electrons. The molecule has 0 aliphatic heterocycles. The van der Waals surface area contributed by atoms with Crippen molar-refractivity contribution in [3.63, 3.8) is 0 Å². The first-order valence-electron chi connectivity index (χ1n) is 4.62. The highest BCUT2D eigenvalue weighted by Crippen LogP contribution is 2.29. The van der Waals surface area contributed by atoms with Gasteiger partial charge in [0.15, 0.2) is 11.6 Å². The Labute approximate surface area is 114 Å². The van der Waals surface area contributed by atoms with Crippen molar-refractivity contribution in [2.24, 2.45) is 0 Å². The van der Waals surface area contributed by atoms with E-state index in [-0.39, 0.29) is 0 Å². The highest BCUT2D eigenvalue weighted by Gasteiger charge is 2.31. The Bertz CT molecular complexity index is 421. The van der Waals surface area contributed by atoms with Gasteiger partial charge in [0, 0.05) is 5.56 Å². The lowest BCUT2D eigenvalue weighted by molar-refractivity contribution is -0.117. The van der Waals surface area contributed by atoms with Crippen LogP contribution in [0.1, 0.15) is 16.8 Å². The average molecular weight is 296 g/mol. The lowest BCUT2D eigenvalue weighted by Gasteiger charge is -2.08. The summed E-state index contributed by atoms with van der Waals surface area (Å²) in [4.78, 5) is 23.0. The predicted octanol–water partition coefficient (Wildman–Crippen LogP) is 3.21. The van der Waals surface area contributed by atoms with Crippen LogP contribution >= 0.6 is 34.8 Å². The van der Waals surface area contributed by atoms with E-state index in [0.29, 0.717) is 11.3 Å². The maximum Gasteiger partial charge on any atom is 0.249 e. The van der Waals surface area contributed by atoms with E-state index in [1.807, 2.05) is 0 Å². The molecule has 0 atom stereocenters. The summed E-state index contributed by atoms with van der Waals surface area (Å²) in [6.45, 7) is 0. The average Bonchev–Trinajstić information content (AvgIpc) is 2.27. The Morgan fingerprint density at radius 3 is 2.12 bits per heavy atom. The van der Waals surface area contributed by atoms with Crippen molar-refractivity contribution in [1.82, 2.24) is 0 Å². The number of carbonyl (C=O) groups is 2. The Morgan fingerprint density at radius 1 is 1.18 bits per heavy atom. The van der Waals surface area contributed by atoms with Crippen molar-refractivity contribution < 1.29 is 14.3 Å². The van der Waals surface area contributed by atoms with E-state index in [1.165, 1.54) is 7.11 Å². The molecule has 0 fully saturated rings. The Balaban J connectivity index is 2.73. The molecule has 3 nitrogen and oxygen atoms in total. The third-order valence-electron chi connectivity index (χ3n) is 2.05. The molecule has 0 saturated carbocycles. The molecular formula is C11H9Cl3O3. The number of halogens is 3. The van der Waals surface area contributed by atoms with Gasteiger partial charge in [-0.25, -0.2) is 0 Å². The standard InChI is InChI=1S/C11H9Cl3O3/c1-17-8-4-2-7(3-5-8)9(15)6-10(16)11(12,13)14/h2-5H,6H2,1H3. The van der Waals surface area contributed by atoms with Gasteiger partial charge >= 0.3 is 0 Å². The van der Waals surface area contributed by atoms with Gasteiger partial charge in [-0.15, -0.1) is 0 Å². The molecule has 0 aliphatic rings. The largest absolute Gasteiger partial charge is 0.497 e. The number of hydrogen-bond acceptors (Lipinski definition) is 3. The summed E-state index contributed by atoms with van der Waals surface area (Å²) < 4.78 is 2.89. The highest BCUT2D eigenvalue weighted by atomic mass is 35.6. The van der Waals surface area contributed by atoms with Crippen LogP contribution in [-0.2, 0) is 4.79 Å². The van der Waals surface area contributed by atoms with E-state index in [0.717, 1.165) is 0 Å². The minimum atomic E-state index is -2.05. The van der Waals surface area contributed by atoms with Gasteiger partial charge in [0.25, 0.3) is 0 Å². The van der Waals surface area contributed by atoms with Gasteiger partial charge < -0.3 is 4.74 Å². The van der Waals surface area contributed by atoms with Crippen LogP contribution in [0.5, 0.6) is 5.75 Å². The zero-order valence-corrected chi connectivity index (χ0v) is 11.1. The third-order valence-corrected chi connectivity index (χ3v) is 2.68. The van der Waals surface area contributed by atoms with E-state index >= 15 is 0 Å². The minimum Gasteiger partial charge on any atom is -0.497 e. The predicted molar refractivity (Wildman–Crippen MR) is 67.2 cm³/mol. The van der Waals surface area contributed by atoms with Gasteiger partial charge in [-0.2, -0.15) is 0 Å². The second kappa shape index (κ2) is 5.71. The second-order valence-electron chi connectivity index (χ2n) is 3.25. The molecule has 0 N–H and O–H groups in total. The number of carbonyl (C=O) groups excluding carboxylic acids is 2. The van der Waals surface area contributed by atoms with Crippen LogP contribution in [0, 0.1) is 0 Å². The van der Waals surface area contributed by atoms with Crippen molar-refractivity contribution in [1.29, 1.82) is 0 Å². The molecule has 0 unspecified atom stereocenters. The van der Waals surface area contributed by atoms with Crippen LogP contribution < -0.4 is 4.74 Å². The quantitative estimate of drug-likeness (QED) is 0.487. The van der Waals surface area contributed by atoms with Gasteiger partial charge in [0.05, 0.1) is 13.5 Å². The lowest BCUT2D eigenvalue weighted by Crippen LogP contribution is -2.22. The molecule has 17 heavy (non-hydrogen) atoms. The van der Waals surface area contributed by atoms with E-state index in [2.05, 4.69) is 0 Å². The van der Waals surface area contributed by atoms with Crippen molar-refractivity contribution in [2.45, 2.75) is 10.2 Å². The van der Waals surface area contributed by atoms with Crippen molar-refractivity contribution in [3.05, 3.63) is 29.8 Å². The van der Waals surface area contributed by atoms with Crippen LogP contribution in [0.4, 0.5) is 0 Å². The fourth-order valence-corrected chi connectivity index (χ4v) is 1.33. The fraction of sp³-hybridized carbons (Fsp3) is 0.273. The normalized spacial score (nSPS) is 11.1. The molecule has 0 aromatic heterocycles. The summed E-state index contributed by atoms with van der Waals surface area (Å²) in [6.07, 6.45) is -0.442. The number of ether oxygens (including phenoxy) is 1. The molecule has 6 heteroatoms. The molecule has 0 aliphatic carbocycles. The zero-order chi connectivity index (χ0) is 13.1. The Kier molecular flexibility index (Phi) is 4.80. The third kappa shape index (κ3) is 4.19. The van der Waals surface area contributed by atoms with Gasteiger partial charge in [0.1, 0.15) is 5.75 Å². The minimum absolute atomic E-state index is 0.369. The smallest absolute Gasteiger partial charge is 0.249 e. The Morgan fingerprint density at radius 2 is 1.71 bits per heavy atom. The molecule has 92 valence electrons. The maximum absolute atomic E-state index is 11.7. The number of alkyl halides is 3. The van der Waals surface area contributed by atoms with E-state index < -0.39 is 21.8 Å². The molecule has 1 aromatic rings. The van der Waals surface area contributed by atoms with Crippen LogP contribution in [0.15, 0.2) is 24.3 Å². The first-order valence-corrected chi connectivity index (χ1v) is 5.75. The molecule has 1 aromatic carbocycles. The first kappa shape index (κ1) is 14.3. The molecule has 0 saturated heterocycles. The zero-order valence-electron chi connectivity index (χ0n) is 8.88. The number of rotatable bonds is 4. The summed E-state index contributed by atoms with van der Waals surface area (Å²) in [7, 11) is 1.52. The molecule has 0 amide bonds. The summed E-state index contributed by atoms with van der Waals surface area (Å²) in [5.41, 5.74) is 0.369. The molecule has 0 bridgehead atoms. The van der Waals surface area contributed by atoms with Crippen LogP contribution in [0.3, 0.4) is 0 Å². The summed E-state index contributed by atoms with van der Waals surface area (Å²) in [6, 6.07) is 6.33. The number of hydrogen-bond donors (Lipinski definition) is 0. The van der Waals surface area contributed by atoms with Crippen molar-refractivity contribution in [2.75, 3.05) is 7.11 Å². The fourth-order valence-electron chi connectivity index (χ4n) is 1.13. The lowest BCUT2D eigenvalue weighted by atomic mass is 10.1. The van der Waals surface area contributed by atoms with Gasteiger partial charge in [-0.05, 0) is 24.3 Å². The van der Waals surface area contributed by atoms with E-state index in [4.69, 9.17) is 39.5 Å². The topological polar surface area (TPSA) is 43.4 Å².